The molecular weight excluding hydrogens is 292 g/mol. The monoisotopic (exact) mass is 308 g/mol. The molecule has 7 nitrogen and oxygen atoms in total. The Labute approximate surface area is 117 Å². The Bertz CT molecular complexity index is 524. The predicted octanol–water partition coefficient (Wildman–Crippen LogP) is 0.795. The predicted molar refractivity (Wildman–Crippen MR) is 73.6 cm³/mol. The number of hydrogen-bond acceptors (Lipinski definition) is 7. The minimum atomic E-state index is -3.04. The van der Waals surface area contributed by atoms with Crippen LogP contribution in [0, 0.1) is 0 Å². The summed E-state index contributed by atoms with van der Waals surface area (Å²) < 4.78 is 27.5. The molecule has 0 aliphatic carbocycles. The molecule has 1 heterocycles. The Hall–Kier alpha value is -1.15. The Morgan fingerprint density at radius 1 is 1.32 bits per heavy atom. The van der Waals surface area contributed by atoms with Crippen molar-refractivity contribution in [1.82, 2.24) is 15.0 Å². The normalized spacial score (nSPS) is 11.4. The summed E-state index contributed by atoms with van der Waals surface area (Å²) in [6.45, 7) is 2.71. The number of ether oxygens (including phenoxy) is 1. The first-order valence-electron chi connectivity index (χ1n) is 5.75. The Morgan fingerprint density at radius 2 is 2.00 bits per heavy atom. The van der Waals surface area contributed by atoms with Crippen molar-refractivity contribution in [2.24, 2.45) is 0 Å². The summed E-state index contributed by atoms with van der Waals surface area (Å²) in [6.07, 6.45) is 2.00. The van der Waals surface area contributed by atoms with Gasteiger partial charge in [0, 0.05) is 19.8 Å². The van der Waals surface area contributed by atoms with Gasteiger partial charge in [-0.05, 0) is 18.0 Å². The van der Waals surface area contributed by atoms with Gasteiger partial charge in [-0.2, -0.15) is 15.0 Å². The molecule has 1 aromatic heterocycles. The molecule has 0 unspecified atom stereocenters. The van der Waals surface area contributed by atoms with Crippen molar-refractivity contribution >= 4 is 27.4 Å². The highest BCUT2D eigenvalue weighted by molar-refractivity contribution is 7.90. The zero-order chi connectivity index (χ0) is 14.5. The zero-order valence-electron chi connectivity index (χ0n) is 11.1. The molecule has 9 heteroatoms. The Morgan fingerprint density at radius 3 is 2.58 bits per heavy atom. The third kappa shape index (κ3) is 6.02. The third-order valence-electron chi connectivity index (χ3n) is 2.15. The molecule has 0 bridgehead atoms. The molecule has 0 amide bonds. The number of anilines is 1. The van der Waals surface area contributed by atoms with Crippen molar-refractivity contribution in [1.29, 1.82) is 0 Å². The lowest BCUT2D eigenvalue weighted by Gasteiger charge is -2.16. The van der Waals surface area contributed by atoms with E-state index in [1.54, 1.807) is 11.9 Å². The summed E-state index contributed by atoms with van der Waals surface area (Å²) in [6, 6.07) is 0.142. The Kier molecular flexibility index (Phi) is 5.74. The van der Waals surface area contributed by atoms with Crippen LogP contribution in [0.2, 0.25) is 5.28 Å². The molecule has 108 valence electrons. The lowest BCUT2D eigenvalue weighted by molar-refractivity contribution is 0.291. The van der Waals surface area contributed by atoms with Gasteiger partial charge in [0.1, 0.15) is 9.84 Å². The average molecular weight is 309 g/mol. The fourth-order valence-corrected chi connectivity index (χ4v) is 1.91. The van der Waals surface area contributed by atoms with Gasteiger partial charge in [0.15, 0.2) is 0 Å². The van der Waals surface area contributed by atoms with Gasteiger partial charge in [-0.25, -0.2) is 8.42 Å². The summed E-state index contributed by atoms with van der Waals surface area (Å²) >= 11 is 5.78. The van der Waals surface area contributed by atoms with E-state index >= 15 is 0 Å². The van der Waals surface area contributed by atoms with E-state index in [1.165, 1.54) is 6.26 Å². The second-order valence-electron chi connectivity index (χ2n) is 4.09. The van der Waals surface area contributed by atoms with Crippen LogP contribution in [0.3, 0.4) is 0 Å². The second kappa shape index (κ2) is 6.85. The maximum absolute atomic E-state index is 11.1. The maximum Gasteiger partial charge on any atom is 0.322 e. The number of rotatable bonds is 7. The van der Waals surface area contributed by atoms with Gasteiger partial charge in [0.2, 0.25) is 11.2 Å². The molecule has 0 aromatic carbocycles. The molecule has 0 aliphatic rings. The van der Waals surface area contributed by atoms with Crippen molar-refractivity contribution in [3.05, 3.63) is 5.28 Å². The SMILES string of the molecule is CCCOc1nc(Cl)nc(N(C)CCS(C)(=O)=O)n1. The topological polar surface area (TPSA) is 85.3 Å². The quantitative estimate of drug-likeness (QED) is 0.736. The number of hydrogen-bond donors (Lipinski definition) is 0. The smallest absolute Gasteiger partial charge is 0.322 e. The van der Waals surface area contributed by atoms with Crippen LogP contribution < -0.4 is 9.64 Å². The first kappa shape index (κ1) is 15.9. The van der Waals surface area contributed by atoms with Crippen LogP contribution in [0.15, 0.2) is 0 Å². The molecule has 1 rings (SSSR count). The van der Waals surface area contributed by atoms with E-state index in [4.69, 9.17) is 16.3 Å². The van der Waals surface area contributed by atoms with E-state index in [2.05, 4.69) is 15.0 Å². The van der Waals surface area contributed by atoms with Crippen molar-refractivity contribution < 1.29 is 13.2 Å². The van der Waals surface area contributed by atoms with E-state index in [9.17, 15) is 8.42 Å². The van der Waals surface area contributed by atoms with Gasteiger partial charge in [-0.1, -0.05) is 6.92 Å². The minimum absolute atomic E-state index is 0.0119. The molecule has 19 heavy (non-hydrogen) atoms. The van der Waals surface area contributed by atoms with E-state index in [0.717, 1.165) is 6.42 Å². The fraction of sp³-hybridized carbons (Fsp3) is 0.700. The average Bonchev–Trinajstić information content (AvgIpc) is 2.31. The second-order valence-corrected chi connectivity index (χ2v) is 6.68. The first-order valence-corrected chi connectivity index (χ1v) is 8.19. The van der Waals surface area contributed by atoms with Crippen molar-refractivity contribution in [2.75, 3.05) is 37.1 Å². The van der Waals surface area contributed by atoms with Crippen molar-refractivity contribution in [3.8, 4) is 6.01 Å². The van der Waals surface area contributed by atoms with Crippen LogP contribution in [-0.2, 0) is 9.84 Å². The maximum atomic E-state index is 11.1. The molecule has 0 radical (unpaired) electrons. The van der Waals surface area contributed by atoms with Gasteiger partial charge in [0.05, 0.1) is 12.4 Å². The van der Waals surface area contributed by atoms with Crippen LogP contribution in [-0.4, -0.2) is 55.6 Å². The summed E-state index contributed by atoms with van der Waals surface area (Å²) in [5.74, 6) is 0.299. The van der Waals surface area contributed by atoms with Crippen LogP contribution >= 0.6 is 11.6 Å². The third-order valence-corrected chi connectivity index (χ3v) is 3.24. The number of sulfone groups is 1. The van der Waals surface area contributed by atoms with E-state index in [1.807, 2.05) is 6.92 Å². The van der Waals surface area contributed by atoms with Crippen molar-refractivity contribution in [3.63, 3.8) is 0 Å². The number of nitrogens with zero attached hydrogens (tertiary/aromatic N) is 4. The lowest BCUT2D eigenvalue weighted by atomic mass is 10.5. The van der Waals surface area contributed by atoms with E-state index in [0.29, 0.717) is 6.61 Å². The van der Waals surface area contributed by atoms with Crippen LogP contribution in [0.1, 0.15) is 13.3 Å². The summed E-state index contributed by atoms with van der Waals surface area (Å²) in [7, 11) is -1.36. The lowest BCUT2D eigenvalue weighted by Crippen LogP contribution is -2.26. The number of aromatic nitrogens is 3. The Balaban J connectivity index is 2.78. The molecule has 0 saturated heterocycles. The van der Waals surface area contributed by atoms with Gasteiger partial charge in [0.25, 0.3) is 0 Å². The van der Waals surface area contributed by atoms with Crippen LogP contribution in [0.5, 0.6) is 6.01 Å². The molecule has 0 saturated carbocycles. The summed E-state index contributed by atoms with van der Waals surface area (Å²) in [5.41, 5.74) is 0. The van der Waals surface area contributed by atoms with Gasteiger partial charge in [-0.3, -0.25) is 0 Å². The molecule has 0 spiro atoms. The zero-order valence-corrected chi connectivity index (χ0v) is 12.7. The summed E-state index contributed by atoms with van der Waals surface area (Å²) in [4.78, 5) is 13.4. The van der Waals surface area contributed by atoms with Crippen LogP contribution in [0.4, 0.5) is 5.95 Å². The highest BCUT2D eigenvalue weighted by atomic mass is 35.5. The molecule has 0 atom stereocenters. The highest BCUT2D eigenvalue weighted by Gasteiger charge is 2.12. The first-order chi connectivity index (χ1) is 8.81. The van der Waals surface area contributed by atoms with Gasteiger partial charge < -0.3 is 9.64 Å². The van der Waals surface area contributed by atoms with Crippen LogP contribution in [0.25, 0.3) is 0 Å². The molecule has 0 aliphatic heterocycles. The molecule has 0 fully saturated rings. The summed E-state index contributed by atoms with van der Waals surface area (Å²) in [5, 5.41) is 0.0160. The van der Waals surface area contributed by atoms with Crippen molar-refractivity contribution in [2.45, 2.75) is 13.3 Å². The van der Waals surface area contributed by atoms with E-state index in [-0.39, 0.29) is 29.5 Å². The molecule has 0 N–H and O–H groups in total. The van der Waals surface area contributed by atoms with Gasteiger partial charge >= 0.3 is 6.01 Å². The molecule has 1 aromatic rings. The minimum Gasteiger partial charge on any atom is -0.463 e. The highest BCUT2D eigenvalue weighted by Crippen LogP contribution is 2.14. The fourth-order valence-electron chi connectivity index (χ4n) is 1.15. The standard InChI is InChI=1S/C10H17ClN4O3S/c1-4-6-18-10-13-8(11)12-9(14-10)15(2)5-7-19(3,16)17/h4-7H2,1-3H3. The largest absolute Gasteiger partial charge is 0.463 e. The van der Waals surface area contributed by atoms with Gasteiger partial charge in [-0.15, -0.1) is 0 Å². The van der Waals surface area contributed by atoms with E-state index < -0.39 is 9.84 Å². The number of halogens is 1. The molecular formula is C10H17ClN4O3S.